The Morgan fingerprint density at radius 2 is 2.00 bits per heavy atom. The fourth-order valence-corrected chi connectivity index (χ4v) is 3.54. The number of nitrogens with one attached hydrogen (secondary N) is 1. The standard InChI is InChI=1S/C23H23FN2O6/c24-16-4-6-17(7-5-16)31-13-20(27)15-3-8-21-19(10-15)26(23(29)14-32-21)12-22(28)25-11-18-2-1-9-30-18/h3-8,10,18H,1-2,9,11-14H2,(H,25,28)/t18-/m0/s1. The molecule has 0 radical (unpaired) electrons. The van der Waals surface area contributed by atoms with Gasteiger partial charge in [-0.15, -0.1) is 0 Å². The summed E-state index contributed by atoms with van der Waals surface area (Å²) in [4.78, 5) is 38.7. The Labute approximate surface area is 184 Å². The molecule has 2 aromatic carbocycles. The van der Waals surface area contributed by atoms with Gasteiger partial charge in [0, 0.05) is 18.7 Å². The second kappa shape index (κ2) is 9.78. The molecule has 9 heteroatoms. The fraction of sp³-hybridized carbons (Fsp3) is 0.348. The van der Waals surface area contributed by atoms with Crippen molar-refractivity contribution in [2.24, 2.45) is 0 Å². The van der Waals surface area contributed by atoms with Crippen LogP contribution in [0.15, 0.2) is 42.5 Å². The normalized spacial score (nSPS) is 17.5. The van der Waals surface area contributed by atoms with Crippen molar-refractivity contribution in [1.29, 1.82) is 0 Å². The van der Waals surface area contributed by atoms with Crippen LogP contribution in [-0.4, -0.2) is 56.6 Å². The first-order valence-electron chi connectivity index (χ1n) is 10.4. The number of ketones is 1. The predicted octanol–water partition coefficient (Wildman–Crippen LogP) is 2.11. The summed E-state index contributed by atoms with van der Waals surface area (Å²) in [7, 11) is 0. The average Bonchev–Trinajstić information content (AvgIpc) is 3.32. The Morgan fingerprint density at radius 3 is 2.75 bits per heavy atom. The highest BCUT2D eigenvalue weighted by Crippen LogP contribution is 2.33. The van der Waals surface area contributed by atoms with Crippen LogP contribution in [0.4, 0.5) is 10.1 Å². The molecule has 2 aliphatic rings. The van der Waals surface area contributed by atoms with Crippen LogP contribution in [0.5, 0.6) is 11.5 Å². The molecule has 4 rings (SSSR count). The van der Waals surface area contributed by atoms with Crippen molar-refractivity contribution in [3.63, 3.8) is 0 Å². The molecule has 8 nitrogen and oxygen atoms in total. The van der Waals surface area contributed by atoms with Crippen LogP contribution in [0.2, 0.25) is 0 Å². The minimum atomic E-state index is -0.400. The SMILES string of the molecule is O=C(CN1C(=O)COc2ccc(C(=O)COc3ccc(F)cc3)cc21)NC[C@@H]1CCCO1. The molecule has 0 bridgehead atoms. The molecule has 0 aromatic heterocycles. The van der Waals surface area contributed by atoms with E-state index in [-0.39, 0.29) is 43.5 Å². The zero-order valence-corrected chi connectivity index (χ0v) is 17.3. The van der Waals surface area contributed by atoms with Gasteiger partial charge in [0.05, 0.1) is 11.8 Å². The monoisotopic (exact) mass is 442 g/mol. The van der Waals surface area contributed by atoms with Gasteiger partial charge in [-0.05, 0) is 55.3 Å². The molecule has 0 unspecified atom stereocenters. The number of carbonyl (C=O) groups is 3. The van der Waals surface area contributed by atoms with Crippen molar-refractivity contribution >= 4 is 23.3 Å². The molecule has 2 aliphatic heterocycles. The van der Waals surface area contributed by atoms with Gasteiger partial charge in [0.2, 0.25) is 5.91 Å². The molecule has 1 saturated heterocycles. The van der Waals surface area contributed by atoms with Gasteiger partial charge in [0.1, 0.15) is 23.9 Å². The summed E-state index contributed by atoms with van der Waals surface area (Å²) in [6.45, 7) is 0.445. The number of ether oxygens (including phenoxy) is 3. The lowest BCUT2D eigenvalue weighted by atomic mass is 10.1. The highest BCUT2D eigenvalue weighted by atomic mass is 19.1. The van der Waals surface area contributed by atoms with Gasteiger partial charge in [-0.3, -0.25) is 19.3 Å². The zero-order valence-electron chi connectivity index (χ0n) is 17.3. The van der Waals surface area contributed by atoms with E-state index in [2.05, 4.69) is 5.32 Å². The predicted molar refractivity (Wildman–Crippen MR) is 112 cm³/mol. The molecule has 2 heterocycles. The molecule has 2 aromatic rings. The maximum atomic E-state index is 13.0. The van der Waals surface area contributed by atoms with Crippen LogP contribution in [-0.2, 0) is 14.3 Å². The summed E-state index contributed by atoms with van der Waals surface area (Å²) in [5.41, 5.74) is 0.648. The third-order valence-corrected chi connectivity index (χ3v) is 5.26. The quantitative estimate of drug-likeness (QED) is 0.630. The van der Waals surface area contributed by atoms with Gasteiger partial charge in [0.25, 0.3) is 5.91 Å². The van der Waals surface area contributed by atoms with Crippen molar-refractivity contribution in [1.82, 2.24) is 5.32 Å². The van der Waals surface area contributed by atoms with E-state index < -0.39 is 5.82 Å². The minimum Gasteiger partial charge on any atom is -0.485 e. The molecule has 0 spiro atoms. The molecule has 1 N–H and O–H groups in total. The van der Waals surface area contributed by atoms with E-state index >= 15 is 0 Å². The molecule has 1 fully saturated rings. The molecular weight excluding hydrogens is 419 g/mol. The first-order chi connectivity index (χ1) is 15.5. The van der Waals surface area contributed by atoms with Crippen LogP contribution in [0, 0.1) is 5.82 Å². The van der Waals surface area contributed by atoms with Crippen LogP contribution < -0.4 is 19.7 Å². The van der Waals surface area contributed by atoms with Crippen LogP contribution in [0.1, 0.15) is 23.2 Å². The summed E-state index contributed by atoms with van der Waals surface area (Å²) >= 11 is 0. The topological polar surface area (TPSA) is 94.2 Å². The summed E-state index contributed by atoms with van der Waals surface area (Å²) in [6, 6.07) is 10.0. The van der Waals surface area contributed by atoms with Crippen LogP contribution in [0.25, 0.3) is 0 Å². The van der Waals surface area contributed by atoms with Crippen LogP contribution >= 0.6 is 0 Å². The van der Waals surface area contributed by atoms with Gasteiger partial charge in [-0.2, -0.15) is 0 Å². The number of amides is 2. The van der Waals surface area contributed by atoms with Gasteiger partial charge < -0.3 is 19.5 Å². The van der Waals surface area contributed by atoms with Crippen molar-refractivity contribution in [3.8, 4) is 11.5 Å². The number of halogens is 1. The molecule has 2 amide bonds. The summed E-state index contributed by atoms with van der Waals surface area (Å²) < 4.78 is 29.3. The second-order valence-electron chi connectivity index (χ2n) is 7.56. The molecule has 0 saturated carbocycles. The van der Waals surface area contributed by atoms with Gasteiger partial charge in [0.15, 0.2) is 19.0 Å². The number of hydrogen-bond acceptors (Lipinski definition) is 6. The maximum absolute atomic E-state index is 13.0. The highest BCUT2D eigenvalue weighted by Gasteiger charge is 2.28. The minimum absolute atomic E-state index is 0.00282. The summed E-state index contributed by atoms with van der Waals surface area (Å²) in [5.74, 6) is -0.663. The number of nitrogens with zero attached hydrogens (tertiary/aromatic N) is 1. The van der Waals surface area contributed by atoms with E-state index in [1.54, 1.807) is 12.1 Å². The Hall–Kier alpha value is -3.46. The Morgan fingerprint density at radius 1 is 1.19 bits per heavy atom. The lowest BCUT2D eigenvalue weighted by molar-refractivity contribution is -0.125. The van der Waals surface area contributed by atoms with E-state index in [0.29, 0.717) is 35.9 Å². The zero-order chi connectivity index (χ0) is 22.5. The summed E-state index contributed by atoms with van der Waals surface area (Å²) in [6.07, 6.45) is 1.86. The third-order valence-electron chi connectivity index (χ3n) is 5.26. The average molecular weight is 442 g/mol. The number of fused-ring (bicyclic) bond motifs is 1. The number of rotatable bonds is 8. The molecule has 1 atom stereocenters. The first kappa shape index (κ1) is 21.8. The summed E-state index contributed by atoms with van der Waals surface area (Å²) in [5, 5.41) is 2.79. The largest absolute Gasteiger partial charge is 0.485 e. The molecule has 168 valence electrons. The fourth-order valence-electron chi connectivity index (χ4n) is 3.54. The van der Waals surface area contributed by atoms with Crippen molar-refractivity contribution in [2.75, 3.05) is 37.8 Å². The molecule has 0 aliphatic carbocycles. The van der Waals surface area contributed by atoms with E-state index in [4.69, 9.17) is 14.2 Å². The second-order valence-corrected chi connectivity index (χ2v) is 7.56. The lowest BCUT2D eigenvalue weighted by Gasteiger charge is -2.29. The van der Waals surface area contributed by atoms with E-state index in [1.807, 2.05) is 0 Å². The van der Waals surface area contributed by atoms with E-state index in [0.717, 1.165) is 12.8 Å². The Balaban J connectivity index is 1.42. The Bertz CT molecular complexity index is 1000. The van der Waals surface area contributed by atoms with Crippen LogP contribution in [0.3, 0.4) is 0 Å². The number of benzene rings is 2. The first-order valence-corrected chi connectivity index (χ1v) is 10.4. The third kappa shape index (κ3) is 5.23. The van der Waals surface area contributed by atoms with Crippen molar-refractivity contribution in [3.05, 3.63) is 53.8 Å². The molecule has 32 heavy (non-hydrogen) atoms. The maximum Gasteiger partial charge on any atom is 0.265 e. The van der Waals surface area contributed by atoms with E-state index in [1.165, 1.54) is 35.2 Å². The number of anilines is 1. The number of hydrogen-bond donors (Lipinski definition) is 1. The molecular formula is C23H23FN2O6. The van der Waals surface area contributed by atoms with Gasteiger partial charge in [-0.25, -0.2) is 4.39 Å². The smallest absolute Gasteiger partial charge is 0.265 e. The number of Topliss-reactive ketones (excluding diaryl/α,β-unsaturated/α-hetero) is 1. The highest BCUT2D eigenvalue weighted by molar-refractivity contribution is 6.04. The van der Waals surface area contributed by atoms with E-state index in [9.17, 15) is 18.8 Å². The number of carbonyl (C=O) groups excluding carboxylic acids is 3. The Kier molecular flexibility index (Phi) is 6.65. The van der Waals surface area contributed by atoms with Gasteiger partial charge >= 0.3 is 0 Å². The lowest BCUT2D eigenvalue weighted by Crippen LogP contribution is -2.46. The van der Waals surface area contributed by atoms with Gasteiger partial charge in [-0.1, -0.05) is 0 Å². The van der Waals surface area contributed by atoms with Crippen molar-refractivity contribution < 1.29 is 33.0 Å². The van der Waals surface area contributed by atoms with Crippen molar-refractivity contribution in [2.45, 2.75) is 18.9 Å².